The first-order chi connectivity index (χ1) is 13.7. The molecule has 28 heavy (non-hydrogen) atoms. The van der Waals surface area contributed by atoms with Crippen LogP contribution in [0.2, 0.25) is 0 Å². The Kier molecular flexibility index (Phi) is 7.45. The molecule has 2 heterocycles. The molecule has 2 amide bonds. The Morgan fingerprint density at radius 3 is 2.50 bits per heavy atom. The van der Waals surface area contributed by atoms with Crippen LogP contribution in [0.1, 0.15) is 68.8 Å². The SMILES string of the molecule is CCOC(=O)N1CCC(NC(=O)c2ccnc(NC3CCCCCC3)n2)CC1. The number of carbonyl (C=O) groups excluding carboxylic acids is 2. The van der Waals surface area contributed by atoms with E-state index < -0.39 is 0 Å². The van der Waals surface area contributed by atoms with Gasteiger partial charge in [0.05, 0.1) is 6.61 Å². The first kappa shape index (κ1) is 20.4. The third kappa shape index (κ3) is 5.81. The monoisotopic (exact) mass is 389 g/mol. The predicted octanol–water partition coefficient (Wildman–Crippen LogP) is 2.96. The van der Waals surface area contributed by atoms with Gasteiger partial charge in [0.15, 0.2) is 0 Å². The molecule has 0 unspecified atom stereocenters. The topological polar surface area (TPSA) is 96.5 Å². The lowest BCUT2D eigenvalue weighted by Crippen LogP contribution is -2.46. The highest BCUT2D eigenvalue weighted by Crippen LogP contribution is 2.20. The van der Waals surface area contributed by atoms with Gasteiger partial charge in [-0.1, -0.05) is 25.7 Å². The number of piperidine rings is 1. The predicted molar refractivity (Wildman–Crippen MR) is 106 cm³/mol. The number of anilines is 1. The molecule has 8 heteroatoms. The van der Waals surface area contributed by atoms with Crippen LogP contribution in [0.25, 0.3) is 0 Å². The van der Waals surface area contributed by atoms with Crippen molar-refractivity contribution in [2.75, 3.05) is 25.0 Å². The van der Waals surface area contributed by atoms with E-state index in [1.54, 1.807) is 24.1 Å². The lowest BCUT2D eigenvalue weighted by molar-refractivity contribution is 0.0856. The maximum absolute atomic E-state index is 12.6. The maximum atomic E-state index is 12.6. The minimum absolute atomic E-state index is 0.0337. The minimum atomic E-state index is -0.280. The van der Waals surface area contributed by atoms with Gasteiger partial charge in [0.1, 0.15) is 5.69 Å². The number of likely N-dealkylation sites (tertiary alicyclic amines) is 1. The molecule has 1 aliphatic heterocycles. The molecule has 0 spiro atoms. The highest BCUT2D eigenvalue weighted by atomic mass is 16.6. The van der Waals surface area contributed by atoms with Crippen LogP contribution in [0.3, 0.4) is 0 Å². The van der Waals surface area contributed by atoms with Crippen LogP contribution in [0, 0.1) is 0 Å². The molecule has 1 aromatic rings. The van der Waals surface area contributed by atoms with Gasteiger partial charge in [-0.25, -0.2) is 14.8 Å². The maximum Gasteiger partial charge on any atom is 0.409 e. The molecule has 2 N–H and O–H groups in total. The molecule has 2 fully saturated rings. The van der Waals surface area contributed by atoms with Gasteiger partial charge in [-0.3, -0.25) is 4.79 Å². The Morgan fingerprint density at radius 1 is 1.11 bits per heavy atom. The second-order valence-electron chi connectivity index (χ2n) is 7.53. The van der Waals surface area contributed by atoms with E-state index in [0.29, 0.717) is 50.2 Å². The van der Waals surface area contributed by atoms with Crippen LogP contribution in [0.15, 0.2) is 12.3 Å². The Labute approximate surface area is 166 Å². The fourth-order valence-electron chi connectivity index (χ4n) is 3.84. The zero-order valence-corrected chi connectivity index (χ0v) is 16.7. The van der Waals surface area contributed by atoms with E-state index in [-0.39, 0.29) is 18.0 Å². The second kappa shape index (κ2) is 10.2. The van der Waals surface area contributed by atoms with Gasteiger partial charge in [-0.2, -0.15) is 0 Å². The van der Waals surface area contributed by atoms with Gasteiger partial charge in [-0.05, 0) is 38.7 Å². The summed E-state index contributed by atoms with van der Waals surface area (Å²) >= 11 is 0. The average molecular weight is 390 g/mol. The minimum Gasteiger partial charge on any atom is -0.450 e. The molecule has 1 saturated carbocycles. The molecule has 0 aromatic carbocycles. The Bertz CT molecular complexity index is 653. The molecule has 0 atom stereocenters. The van der Waals surface area contributed by atoms with Crippen LogP contribution >= 0.6 is 0 Å². The Hall–Kier alpha value is -2.38. The summed E-state index contributed by atoms with van der Waals surface area (Å²) < 4.78 is 5.03. The number of carbonyl (C=O) groups is 2. The van der Waals surface area contributed by atoms with Gasteiger partial charge in [-0.15, -0.1) is 0 Å². The van der Waals surface area contributed by atoms with Crippen LogP contribution in [0.5, 0.6) is 0 Å². The molecular weight excluding hydrogens is 358 g/mol. The number of aromatic nitrogens is 2. The van der Waals surface area contributed by atoms with Crippen molar-refractivity contribution in [2.24, 2.45) is 0 Å². The Balaban J connectivity index is 1.50. The molecule has 154 valence electrons. The van der Waals surface area contributed by atoms with E-state index in [1.807, 2.05) is 0 Å². The zero-order valence-electron chi connectivity index (χ0n) is 16.7. The third-order valence-electron chi connectivity index (χ3n) is 5.43. The van der Waals surface area contributed by atoms with E-state index in [0.717, 1.165) is 12.8 Å². The zero-order chi connectivity index (χ0) is 19.8. The van der Waals surface area contributed by atoms with Crippen LogP contribution in [0.4, 0.5) is 10.7 Å². The largest absolute Gasteiger partial charge is 0.450 e. The lowest BCUT2D eigenvalue weighted by Gasteiger charge is -2.31. The standard InChI is InChI=1S/C20H31N5O3/c1-2-28-20(27)25-13-10-16(11-14-25)22-18(26)17-9-12-21-19(24-17)23-15-7-5-3-4-6-8-15/h9,12,15-16H,2-8,10-11,13-14H2,1H3,(H,22,26)(H,21,23,24). The first-order valence-corrected chi connectivity index (χ1v) is 10.5. The van der Waals surface area contributed by atoms with Gasteiger partial charge in [0.25, 0.3) is 5.91 Å². The van der Waals surface area contributed by atoms with Gasteiger partial charge in [0, 0.05) is 31.4 Å². The van der Waals surface area contributed by atoms with Crippen molar-refractivity contribution in [3.63, 3.8) is 0 Å². The molecule has 8 nitrogen and oxygen atoms in total. The third-order valence-corrected chi connectivity index (χ3v) is 5.43. The van der Waals surface area contributed by atoms with Crippen molar-refractivity contribution in [3.05, 3.63) is 18.0 Å². The summed E-state index contributed by atoms with van der Waals surface area (Å²) in [5.74, 6) is 0.331. The fourth-order valence-corrected chi connectivity index (χ4v) is 3.84. The van der Waals surface area contributed by atoms with E-state index in [9.17, 15) is 9.59 Å². The van der Waals surface area contributed by atoms with E-state index >= 15 is 0 Å². The van der Waals surface area contributed by atoms with Crippen LogP contribution < -0.4 is 10.6 Å². The summed E-state index contributed by atoms with van der Waals surface area (Å²) in [6.45, 7) is 3.34. The van der Waals surface area contributed by atoms with Crippen molar-refractivity contribution >= 4 is 17.9 Å². The summed E-state index contributed by atoms with van der Waals surface area (Å²) in [5.41, 5.74) is 0.374. The molecular formula is C20H31N5O3. The summed E-state index contributed by atoms with van der Waals surface area (Å²) in [7, 11) is 0. The summed E-state index contributed by atoms with van der Waals surface area (Å²) in [6.07, 6.45) is 10.0. The van der Waals surface area contributed by atoms with Crippen LogP contribution in [-0.2, 0) is 4.74 Å². The van der Waals surface area contributed by atoms with Gasteiger partial charge < -0.3 is 20.3 Å². The molecule has 1 aliphatic carbocycles. The van der Waals surface area contributed by atoms with E-state index in [4.69, 9.17) is 4.74 Å². The average Bonchev–Trinajstić information content (AvgIpc) is 2.97. The highest BCUT2D eigenvalue weighted by Gasteiger charge is 2.25. The van der Waals surface area contributed by atoms with Gasteiger partial charge in [0.2, 0.25) is 5.95 Å². The molecule has 2 aliphatic rings. The Morgan fingerprint density at radius 2 is 1.82 bits per heavy atom. The summed E-state index contributed by atoms with van der Waals surface area (Å²) in [6, 6.07) is 2.06. The van der Waals surface area contributed by atoms with Gasteiger partial charge >= 0.3 is 6.09 Å². The summed E-state index contributed by atoms with van der Waals surface area (Å²) in [4.78, 5) is 34.7. The van der Waals surface area contributed by atoms with Crippen LogP contribution in [-0.4, -0.2) is 58.6 Å². The lowest BCUT2D eigenvalue weighted by atomic mass is 10.1. The van der Waals surface area contributed by atoms with E-state index in [1.165, 1.54) is 25.7 Å². The number of amides is 2. The van der Waals surface area contributed by atoms with Crippen molar-refractivity contribution in [2.45, 2.75) is 70.4 Å². The quantitative estimate of drug-likeness (QED) is 0.752. The highest BCUT2D eigenvalue weighted by molar-refractivity contribution is 5.92. The fraction of sp³-hybridized carbons (Fsp3) is 0.700. The molecule has 1 aromatic heterocycles. The van der Waals surface area contributed by atoms with Crippen molar-refractivity contribution < 1.29 is 14.3 Å². The van der Waals surface area contributed by atoms with Crippen molar-refractivity contribution in [3.8, 4) is 0 Å². The summed E-state index contributed by atoms with van der Waals surface area (Å²) in [5, 5.41) is 6.42. The first-order valence-electron chi connectivity index (χ1n) is 10.5. The van der Waals surface area contributed by atoms with Crippen molar-refractivity contribution in [1.82, 2.24) is 20.2 Å². The number of rotatable bonds is 5. The molecule has 3 rings (SSSR count). The number of nitrogens with one attached hydrogen (secondary N) is 2. The van der Waals surface area contributed by atoms with Crippen molar-refractivity contribution in [1.29, 1.82) is 0 Å². The normalized spacial score (nSPS) is 19.0. The van der Waals surface area contributed by atoms with E-state index in [2.05, 4.69) is 20.6 Å². The molecule has 1 saturated heterocycles. The molecule has 0 bridgehead atoms. The second-order valence-corrected chi connectivity index (χ2v) is 7.53. The molecule has 0 radical (unpaired) electrons. The number of hydrogen-bond acceptors (Lipinski definition) is 6. The number of hydrogen-bond donors (Lipinski definition) is 2. The smallest absolute Gasteiger partial charge is 0.409 e. The number of nitrogens with zero attached hydrogens (tertiary/aromatic N) is 3. The number of ether oxygens (including phenoxy) is 1.